The second-order valence-corrected chi connectivity index (χ2v) is 8.71. The van der Waals surface area contributed by atoms with Crippen molar-refractivity contribution < 1.29 is 0 Å². The molecule has 24 heavy (non-hydrogen) atoms. The van der Waals surface area contributed by atoms with Crippen molar-refractivity contribution in [2.75, 3.05) is 0 Å². The van der Waals surface area contributed by atoms with Crippen LogP contribution in [0.15, 0.2) is 36.5 Å². The molecule has 1 fully saturated rings. The van der Waals surface area contributed by atoms with E-state index in [1.807, 2.05) is 0 Å². The maximum Gasteiger partial charge on any atom is 0.0699 e. The fraction of sp³-hybridized carbons (Fsp3) is 0.591. The van der Waals surface area contributed by atoms with E-state index in [-0.39, 0.29) is 0 Å². The lowest BCUT2D eigenvalue weighted by atomic mass is 9.79. The Hall–Kier alpha value is -1.57. The SMILES string of the molecule is C=C(CCCCc1nn2ccccc2c1C1CCC1)CC(C)(C)C. The highest BCUT2D eigenvalue weighted by Gasteiger charge is 2.26. The Bertz CT molecular complexity index is 698. The summed E-state index contributed by atoms with van der Waals surface area (Å²) in [5.41, 5.74) is 5.96. The van der Waals surface area contributed by atoms with Crippen LogP contribution < -0.4 is 0 Å². The lowest BCUT2D eigenvalue weighted by Gasteiger charge is -2.26. The van der Waals surface area contributed by atoms with Gasteiger partial charge in [0.15, 0.2) is 0 Å². The van der Waals surface area contributed by atoms with E-state index in [0.717, 1.165) is 25.2 Å². The topological polar surface area (TPSA) is 17.3 Å². The minimum Gasteiger partial charge on any atom is -0.240 e. The van der Waals surface area contributed by atoms with E-state index in [9.17, 15) is 0 Å². The lowest BCUT2D eigenvalue weighted by Crippen LogP contribution is -2.10. The van der Waals surface area contributed by atoms with Crippen molar-refractivity contribution in [3.05, 3.63) is 47.8 Å². The molecule has 2 heterocycles. The summed E-state index contributed by atoms with van der Waals surface area (Å²) in [6.45, 7) is 11.1. The van der Waals surface area contributed by atoms with Crippen molar-refractivity contribution in [2.24, 2.45) is 5.41 Å². The van der Waals surface area contributed by atoms with Crippen LogP contribution in [-0.2, 0) is 6.42 Å². The van der Waals surface area contributed by atoms with Gasteiger partial charge in [0, 0.05) is 11.8 Å². The summed E-state index contributed by atoms with van der Waals surface area (Å²) in [7, 11) is 0. The number of aryl methyl sites for hydroxylation is 1. The smallest absolute Gasteiger partial charge is 0.0699 e. The van der Waals surface area contributed by atoms with E-state index in [0.29, 0.717) is 5.41 Å². The molecule has 130 valence electrons. The first kappa shape index (κ1) is 17.3. The summed E-state index contributed by atoms with van der Waals surface area (Å²) < 4.78 is 2.08. The third kappa shape index (κ3) is 4.09. The van der Waals surface area contributed by atoms with E-state index >= 15 is 0 Å². The molecule has 2 heteroatoms. The average Bonchev–Trinajstić information content (AvgIpc) is 2.79. The molecule has 0 aliphatic heterocycles. The summed E-state index contributed by atoms with van der Waals surface area (Å²) >= 11 is 0. The largest absolute Gasteiger partial charge is 0.240 e. The first-order valence-corrected chi connectivity index (χ1v) is 9.57. The molecule has 1 aliphatic rings. The molecule has 2 nitrogen and oxygen atoms in total. The van der Waals surface area contributed by atoms with Crippen LogP contribution in [0.1, 0.15) is 82.9 Å². The summed E-state index contributed by atoms with van der Waals surface area (Å²) in [5.74, 6) is 0.746. The summed E-state index contributed by atoms with van der Waals surface area (Å²) in [6.07, 6.45) is 12.0. The molecule has 0 bridgehead atoms. The van der Waals surface area contributed by atoms with Crippen molar-refractivity contribution in [1.29, 1.82) is 0 Å². The van der Waals surface area contributed by atoms with Crippen molar-refractivity contribution in [2.45, 2.75) is 78.1 Å². The molecule has 0 spiro atoms. The molecule has 0 aromatic carbocycles. The van der Waals surface area contributed by atoms with Gasteiger partial charge in [0.25, 0.3) is 0 Å². The van der Waals surface area contributed by atoms with Crippen LogP contribution in [0.4, 0.5) is 0 Å². The average molecular weight is 325 g/mol. The van der Waals surface area contributed by atoms with E-state index in [4.69, 9.17) is 5.10 Å². The van der Waals surface area contributed by atoms with Gasteiger partial charge in [-0.3, -0.25) is 0 Å². The van der Waals surface area contributed by atoms with Crippen LogP contribution in [-0.4, -0.2) is 9.61 Å². The third-order valence-corrected chi connectivity index (χ3v) is 5.14. The van der Waals surface area contributed by atoms with Gasteiger partial charge in [0.2, 0.25) is 0 Å². The van der Waals surface area contributed by atoms with E-state index in [1.165, 1.54) is 54.5 Å². The summed E-state index contributed by atoms with van der Waals surface area (Å²) in [4.78, 5) is 0. The van der Waals surface area contributed by atoms with Gasteiger partial charge in [-0.1, -0.05) is 45.4 Å². The second-order valence-electron chi connectivity index (χ2n) is 8.71. The van der Waals surface area contributed by atoms with Crippen molar-refractivity contribution in [3.8, 4) is 0 Å². The van der Waals surface area contributed by atoms with Crippen LogP contribution in [0.25, 0.3) is 5.52 Å². The Morgan fingerprint density at radius 1 is 1.25 bits per heavy atom. The molecule has 0 N–H and O–H groups in total. The number of aromatic nitrogens is 2. The summed E-state index contributed by atoms with van der Waals surface area (Å²) in [5, 5.41) is 4.89. The molecular weight excluding hydrogens is 292 g/mol. The van der Waals surface area contributed by atoms with Crippen LogP contribution in [0, 0.1) is 5.41 Å². The maximum atomic E-state index is 4.89. The maximum absolute atomic E-state index is 4.89. The van der Waals surface area contributed by atoms with E-state index in [1.54, 1.807) is 0 Å². The predicted molar refractivity (Wildman–Crippen MR) is 103 cm³/mol. The molecule has 0 atom stereocenters. The minimum absolute atomic E-state index is 0.357. The van der Waals surface area contributed by atoms with E-state index < -0.39 is 0 Å². The Morgan fingerprint density at radius 2 is 2.04 bits per heavy atom. The molecule has 0 unspecified atom stereocenters. The minimum atomic E-state index is 0.357. The molecule has 2 aromatic rings. The van der Waals surface area contributed by atoms with Gasteiger partial charge in [0.05, 0.1) is 11.2 Å². The molecule has 3 rings (SSSR count). The van der Waals surface area contributed by atoms with Gasteiger partial charge in [-0.25, -0.2) is 4.52 Å². The first-order chi connectivity index (χ1) is 11.4. The van der Waals surface area contributed by atoms with Gasteiger partial charge >= 0.3 is 0 Å². The summed E-state index contributed by atoms with van der Waals surface area (Å²) in [6, 6.07) is 6.44. The van der Waals surface area contributed by atoms with Gasteiger partial charge < -0.3 is 0 Å². The van der Waals surface area contributed by atoms with E-state index in [2.05, 4.69) is 56.3 Å². The van der Waals surface area contributed by atoms with Gasteiger partial charge in [-0.05, 0) is 68.4 Å². The zero-order valence-corrected chi connectivity index (χ0v) is 15.6. The van der Waals surface area contributed by atoms with Crippen LogP contribution in [0.5, 0.6) is 0 Å². The molecule has 0 amide bonds. The van der Waals surface area contributed by atoms with Gasteiger partial charge in [0.1, 0.15) is 0 Å². The highest BCUT2D eigenvalue weighted by atomic mass is 15.2. The first-order valence-electron chi connectivity index (χ1n) is 9.57. The quantitative estimate of drug-likeness (QED) is 0.431. The standard InChI is InChI=1S/C22H32N2/c1-17(16-22(2,3)4)10-5-6-13-19-21(18-11-9-12-18)20-14-7-8-15-24(20)23-19/h7-8,14-15,18H,1,5-6,9-13,16H2,2-4H3. The van der Waals surface area contributed by atoms with Crippen LogP contribution >= 0.6 is 0 Å². The Morgan fingerprint density at radius 3 is 2.71 bits per heavy atom. The van der Waals surface area contributed by atoms with Gasteiger partial charge in [-0.15, -0.1) is 0 Å². The highest BCUT2D eigenvalue weighted by molar-refractivity contribution is 5.58. The van der Waals surface area contributed by atoms with Crippen LogP contribution in [0.2, 0.25) is 0 Å². The number of hydrogen-bond acceptors (Lipinski definition) is 1. The molecule has 0 saturated heterocycles. The number of unbranched alkanes of at least 4 members (excludes halogenated alkanes) is 1. The van der Waals surface area contributed by atoms with Gasteiger partial charge in [-0.2, -0.15) is 5.10 Å². The number of rotatable bonds is 7. The number of fused-ring (bicyclic) bond motifs is 1. The predicted octanol–water partition coefficient (Wildman–Crippen LogP) is 6.31. The van der Waals surface area contributed by atoms with Crippen molar-refractivity contribution in [1.82, 2.24) is 9.61 Å². The normalized spacial score (nSPS) is 15.6. The molecule has 0 radical (unpaired) electrons. The number of allylic oxidation sites excluding steroid dienone is 1. The third-order valence-electron chi connectivity index (χ3n) is 5.14. The Balaban J connectivity index is 1.60. The van der Waals surface area contributed by atoms with Crippen LogP contribution in [0.3, 0.4) is 0 Å². The fourth-order valence-corrected chi connectivity index (χ4v) is 3.90. The molecule has 2 aromatic heterocycles. The fourth-order valence-electron chi connectivity index (χ4n) is 3.90. The molecular formula is C22H32N2. The molecule has 1 saturated carbocycles. The Kier molecular flexibility index (Phi) is 5.12. The number of nitrogens with zero attached hydrogens (tertiary/aromatic N) is 2. The van der Waals surface area contributed by atoms with Crippen molar-refractivity contribution >= 4 is 5.52 Å². The van der Waals surface area contributed by atoms with Crippen molar-refractivity contribution in [3.63, 3.8) is 0 Å². The zero-order chi connectivity index (χ0) is 17.2. The lowest BCUT2D eigenvalue weighted by molar-refractivity contribution is 0.403. The second kappa shape index (κ2) is 7.13. The highest BCUT2D eigenvalue weighted by Crippen LogP contribution is 2.40. The Labute approximate surface area is 147 Å². The zero-order valence-electron chi connectivity index (χ0n) is 15.6. The monoisotopic (exact) mass is 324 g/mol. The molecule has 1 aliphatic carbocycles. The number of hydrogen-bond donors (Lipinski definition) is 0. The number of pyridine rings is 1.